The second kappa shape index (κ2) is 4.58. The lowest BCUT2D eigenvalue weighted by atomic mass is 10.2. The van der Waals surface area contributed by atoms with Crippen molar-refractivity contribution in [1.29, 1.82) is 0 Å². The highest BCUT2D eigenvalue weighted by Gasteiger charge is 2.04. The molecule has 0 saturated carbocycles. The van der Waals surface area contributed by atoms with Crippen LogP contribution in [0.3, 0.4) is 0 Å². The van der Waals surface area contributed by atoms with E-state index in [1.165, 1.54) is 5.56 Å². The van der Waals surface area contributed by atoms with Gasteiger partial charge in [-0.05, 0) is 66.3 Å². The normalized spacial score (nSPS) is 11.0. The van der Waals surface area contributed by atoms with Gasteiger partial charge in [-0.15, -0.1) is 0 Å². The molecule has 0 unspecified atom stereocenters. The maximum Gasteiger partial charge on any atom is 0.0465 e. The second-order valence-electron chi connectivity index (χ2n) is 2.26. The molecule has 1 rings (SSSR count). The Kier molecular flexibility index (Phi) is 4.00. The largest absolute Gasteiger partial charge is 0.0870 e. The average molecular weight is 355 g/mol. The lowest BCUT2D eigenvalue weighted by Crippen LogP contribution is -1.78. The van der Waals surface area contributed by atoms with Gasteiger partial charge in [-0.25, -0.2) is 0 Å². The highest BCUT2D eigenvalue weighted by molar-refractivity contribution is 9.14. The van der Waals surface area contributed by atoms with Gasteiger partial charge in [0.15, 0.2) is 0 Å². The molecule has 0 N–H and O–H groups in total. The third-order valence-corrected chi connectivity index (χ3v) is 4.81. The highest BCUT2D eigenvalue weighted by atomic mass is 79.9. The number of allylic oxidation sites excluding steroid dienone is 1. The van der Waals surface area contributed by atoms with E-state index in [0.29, 0.717) is 0 Å². The summed E-state index contributed by atoms with van der Waals surface area (Å²) in [6.07, 6.45) is 4.07. The first kappa shape index (κ1) is 10.5. The number of rotatable bonds is 1. The molecule has 0 bridgehead atoms. The van der Waals surface area contributed by atoms with Gasteiger partial charge in [0, 0.05) is 13.4 Å². The maximum absolute atomic E-state index is 3.50. The van der Waals surface area contributed by atoms with E-state index in [0.717, 1.165) is 13.4 Å². The van der Waals surface area contributed by atoms with Crippen molar-refractivity contribution in [3.63, 3.8) is 0 Å². The first-order valence-corrected chi connectivity index (χ1v) is 5.81. The molecule has 0 atom stereocenters. The third-order valence-electron chi connectivity index (χ3n) is 1.41. The number of hydrogen-bond donors (Lipinski definition) is 0. The van der Waals surface area contributed by atoms with E-state index in [1.807, 2.05) is 19.1 Å². The minimum absolute atomic E-state index is 1.05. The van der Waals surface area contributed by atoms with Gasteiger partial charge in [-0.3, -0.25) is 0 Å². The van der Waals surface area contributed by atoms with Crippen molar-refractivity contribution in [1.82, 2.24) is 0 Å². The maximum atomic E-state index is 3.50. The molecule has 64 valence electrons. The fraction of sp³-hybridized carbons (Fsp3) is 0.111. The molecule has 0 amide bonds. The standard InChI is InChI=1S/C9H7Br3/c1-2-3-6-4-5-7(10)9(12)8(6)11/h2-5H,1H3. The van der Waals surface area contributed by atoms with Crippen LogP contribution in [-0.2, 0) is 0 Å². The van der Waals surface area contributed by atoms with E-state index in [1.54, 1.807) is 0 Å². The molecule has 0 aliphatic carbocycles. The fourth-order valence-electron chi connectivity index (χ4n) is 0.849. The molecule has 0 nitrogen and oxygen atoms in total. The second-order valence-corrected chi connectivity index (χ2v) is 4.70. The number of hydrogen-bond acceptors (Lipinski definition) is 0. The van der Waals surface area contributed by atoms with E-state index in [-0.39, 0.29) is 0 Å². The SMILES string of the molecule is CC=Cc1ccc(Br)c(Br)c1Br. The Hall–Kier alpha value is 0.400. The van der Waals surface area contributed by atoms with Crippen LogP contribution in [0.2, 0.25) is 0 Å². The predicted octanol–water partition coefficient (Wildman–Crippen LogP) is 5.01. The zero-order valence-corrected chi connectivity index (χ0v) is 11.2. The molecular formula is C9H7Br3. The van der Waals surface area contributed by atoms with E-state index in [4.69, 9.17) is 0 Å². The van der Waals surface area contributed by atoms with Gasteiger partial charge in [-0.1, -0.05) is 18.2 Å². The Labute approximate surface area is 97.4 Å². The quantitative estimate of drug-likeness (QED) is 0.622. The first-order valence-electron chi connectivity index (χ1n) is 3.43. The van der Waals surface area contributed by atoms with Crippen LogP contribution in [0.15, 0.2) is 31.6 Å². The van der Waals surface area contributed by atoms with Gasteiger partial charge in [0.25, 0.3) is 0 Å². The van der Waals surface area contributed by atoms with Gasteiger partial charge in [0.05, 0.1) is 0 Å². The van der Waals surface area contributed by atoms with Crippen molar-refractivity contribution in [2.75, 3.05) is 0 Å². The first-order chi connectivity index (χ1) is 5.66. The van der Waals surface area contributed by atoms with Crippen LogP contribution in [0.25, 0.3) is 6.08 Å². The van der Waals surface area contributed by atoms with Crippen LogP contribution >= 0.6 is 47.8 Å². The Balaban J connectivity index is 3.26. The lowest BCUT2D eigenvalue weighted by molar-refractivity contribution is 1.50. The highest BCUT2D eigenvalue weighted by Crippen LogP contribution is 2.33. The van der Waals surface area contributed by atoms with Crippen molar-refractivity contribution < 1.29 is 0 Å². The molecule has 0 fully saturated rings. The van der Waals surface area contributed by atoms with Gasteiger partial charge in [0.1, 0.15) is 0 Å². The third kappa shape index (κ3) is 2.21. The molecule has 0 aliphatic rings. The van der Waals surface area contributed by atoms with Crippen molar-refractivity contribution in [2.24, 2.45) is 0 Å². The van der Waals surface area contributed by atoms with Crippen LogP contribution in [-0.4, -0.2) is 0 Å². The summed E-state index contributed by atoms with van der Waals surface area (Å²) < 4.78 is 3.19. The summed E-state index contributed by atoms with van der Waals surface area (Å²) in [6, 6.07) is 4.07. The Bertz CT molecular complexity index is 316. The van der Waals surface area contributed by atoms with Gasteiger partial charge < -0.3 is 0 Å². The molecule has 0 saturated heterocycles. The van der Waals surface area contributed by atoms with E-state index in [2.05, 4.69) is 59.9 Å². The molecule has 1 aromatic carbocycles. The molecule has 0 aromatic heterocycles. The molecule has 12 heavy (non-hydrogen) atoms. The summed E-state index contributed by atoms with van der Waals surface area (Å²) in [6.45, 7) is 2.00. The topological polar surface area (TPSA) is 0 Å². The molecule has 3 heteroatoms. The Morgan fingerprint density at radius 3 is 2.33 bits per heavy atom. The van der Waals surface area contributed by atoms with Gasteiger partial charge in [-0.2, -0.15) is 0 Å². The summed E-state index contributed by atoms with van der Waals surface area (Å²) in [5.74, 6) is 0. The zero-order chi connectivity index (χ0) is 9.14. The zero-order valence-electron chi connectivity index (χ0n) is 6.44. The van der Waals surface area contributed by atoms with Crippen molar-refractivity contribution in [3.05, 3.63) is 37.2 Å². The van der Waals surface area contributed by atoms with Crippen LogP contribution < -0.4 is 0 Å². The van der Waals surface area contributed by atoms with Crippen LogP contribution in [0.4, 0.5) is 0 Å². The molecule has 0 radical (unpaired) electrons. The van der Waals surface area contributed by atoms with Crippen LogP contribution in [0, 0.1) is 0 Å². The van der Waals surface area contributed by atoms with Crippen molar-refractivity contribution in [2.45, 2.75) is 6.92 Å². The Morgan fingerprint density at radius 2 is 1.75 bits per heavy atom. The minimum Gasteiger partial charge on any atom is -0.0870 e. The molecule has 0 heterocycles. The molecule has 0 spiro atoms. The fourth-order valence-corrected chi connectivity index (χ4v) is 2.28. The minimum atomic E-state index is 1.05. The smallest absolute Gasteiger partial charge is 0.0465 e. The van der Waals surface area contributed by atoms with E-state index >= 15 is 0 Å². The van der Waals surface area contributed by atoms with Crippen LogP contribution in [0.5, 0.6) is 0 Å². The summed E-state index contributed by atoms with van der Waals surface area (Å²) in [5.41, 5.74) is 1.17. The van der Waals surface area contributed by atoms with Gasteiger partial charge in [0.2, 0.25) is 0 Å². The number of benzene rings is 1. The van der Waals surface area contributed by atoms with E-state index in [9.17, 15) is 0 Å². The predicted molar refractivity (Wildman–Crippen MR) is 64.3 cm³/mol. The summed E-state index contributed by atoms with van der Waals surface area (Å²) in [4.78, 5) is 0. The lowest BCUT2D eigenvalue weighted by Gasteiger charge is -2.02. The van der Waals surface area contributed by atoms with Gasteiger partial charge >= 0.3 is 0 Å². The summed E-state index contributed by atoms with van der Waals surface area (Å²) in [5, 5.41) is 0. The Morgan fingerprint density at radius 1 is 1.08 bits per heavy atom. The average Bonchev–Trinajstić information content (AvgIpc) is 2.07. The van der Waals surface area contributed by atoms with Crippen LogP contribution in [0.1, 0.15) is 12.5 Å². The molecule has 1 aromatic rings. The molecule has 0 aliphatic heterocycles. The van der Waals surface area contributed by atoms with E-state index < -0.39 is 0 Å². The molecular weight excluding hydrogens is 348 g/mol. The van der Waals surface area contributed by atoms with Crippen molar-refractivity contribution >= 4 is 53.9 Å². The van der Waals surface area contributed by atoms with Crippen molar-refractivity contribution in [3.8, 4) is 0 Å². The monoisotopic (exact) mass is 352 g/mol. The summed E-state index contributed by atoms with van der Waals surface area (Å²) >= 11 is 10.4. The number of halogens is 3. The summed E-state index contributed by atoms with van der Waals surface area (Å²) in [7, 11) is 0.